The van der Waals surface area contributed by atoms with E-state index in [1.54, 1.807) is 12.2 Å². The molecule has 0 N–H and O–H groups in total. The van der Waals surface area contributed by atoms with Crippen LogP contribution in [0, 0.1) is 23.7 Å². The molecule has 256 valence electrons. The summed E-state index contributed by atoms with van der Waals surface area (Å²) in [5.41, 5.74) is 2.36. The van der Waals surface area contributed by atoms with E-state index in [-0.39, 0.29) is 0 Å². The highest BCUT2D eigenvalue weighted by molar-refractivity contribution is 5.41. The van der Waals surface area contributed by atoms with Crippen LogP contribution in [-0.2, 0) is 4.74 Å². The van der Waals surface area contributed by atoms with Crippen molar-refractivity contribution in [3.63, 3.8) is 0 Å². The molecule has 0 aliphatic heterocycles. The van der Waals surface area contributed by atoms with E-state index in [9.17, 15) is 8.78 Å². The van der Waals surface area contributed by atoms with Crippen molar-refractivity contribution in [3.05, 3.63) is 156 Å². The van der Waals surface area contributed by atoms with Gasteiger partial charge in [0, 0.05) is 11.8 Å². The summed E-state index contributed by atoms with van der Waals surface area (Å²) < 4.78 is 44.7. The van der Waals surface area contributed by atoms with Crippen LogP contribution in [0.2, 0.25) is 0 Å². The molecule has 0 unspecified atom stereocenters. The molecule has 0 bridgehead atoms. The Balaban J connectivity index is 1.12. The first-order valence-electron chi connectivity index (χ1n) is 18.0. The number of halogens is 2. The van der Waals surface area contributed by atoms with Gasteiger partial charge in [-0.25, -0.2) is 8.78 Å². The Labute approximate surface area is 290 Å². The van der Waals surface area contributed by atoms with Gasteiger partial charge in [-0.2, -0.15) is 0 Å². The van der Waals surface area contributed by atoms with E-state index in [0.717, 1.165) is 112 Å². The fourth-order valence-corrected chi connectivity index (χ4v) is 7.57. The van der Waals surface area contributed by atoms with Gasteiger partial charge in [0.15, 0.2) is 0 Å². The van der Waals surface area contributed by atoms with Crippen LogP contribution in [-0.4, -0.2) is 0 Å². The molecule has 49 heavy (non-hydrogen) atoms. The minimum atomic E-state index is 0.338. The molecule has 0 aromatic heterocycles. The molecule has 2 aromatic rings. The largest absolute Gasteiger partial charge is 0.461 e. The van der Waals surface area contributed by atoms with Crippen molar-refractivity contribution in [2.75, 3.05) is 0 Å². The van der Waals surface area contributed by atoms with Crippen molar-refractivity contribution in [2.45, 2.75) is 77.0 Å². The molecular formula is C44H48F2O3. The first-order valence-corrected chi connectivity index (χ1v) is 18.0. The number of hydrogen-bond acceptors (Lipinski definition) is 3. The lowest BCUT2D eigenvalue weighted by Gasteiger charge is -2.31. The summed E-state index contributed by atoms with van der Waals surface area (Å²) in [6, 6.07) is 20.0. The maximum Gasteiger partial charge on any atom is 0.126 e. The van der Waals surface area contributed by atoms with E-state index >= 15 is 0 Å². The highest BCUT2D eigenvalue weighted by atomic mass is 19.1. The quantitative estimate of drug-likeness (QED) is 0.212. The Bertz CT molecular complexity index is 1490. The molecule has 3 nitrogen and oxygen atoms in total. The second-order valence-corrected chi connectivity index (χ2v) is 13.6. The number of para-hydroxylation sites is 2. The maximum absolute atomic E-state index is 12.6. The van der Waals surface area contributed by atoms with Crippen LogP contribution in [0.15, 0.2) is 156 Å². The van der Waals surface area contributed by atoms with E-state index in [2.05, 4.69) is 24.3 Å². The van der Waals surface area contributed by atoms with Crippen LogP contribution in [0.4, 0.5) is 8.78 Å². The number of benzene rings is 2. The third kappa shape index (κ3) is 9.84. The summed E-state index contributed by atoms with van der Waals surface area (Å²) in [5.74, 6) is 7.19. The fourth-order valence-electron chi connectivity index (χ4n) is 7.57. The van der Waals surface area contributed by atoms with Crippen molar-refractivity contribution in [1.82, 2.24) is 0 Å². The minimum Gasteiger partial charge on any atom is -0.461 e. The molecule has 0 heterocycles. The average Bonchev–Trinajstić information content (AvgIpc) is 3.16. The van der Waals surface area contributed by atoms with Crippen LogP contribution >= 0.6 is 0 Å². The zero-order chi connectivity index (χ0) is 33.7. The van der Waals surface area contributed by atoms with Crippen molar-refractivity contribution >= 4 is 0 Å². The van der Waals surface area contributed by atoms with Crippen LogP contribution in [0.25, 0.3) is 0 Å². The topological polar surface area (TPSA) is 27.7 Å². The predicted molar refractivity (Wildman–Crippen MR) is 194 cm³/mol. The summed E-state index contributed by atoms with van der Waals surface area (Å²) in [4.78, 5) is 0. The second kappa shape index (κ2) is 17.9. The molecule has 4 aliphatic rings. The summed E-state index contributed by atoms with van der Waals surface area (Å²) in [7, 11) is 0. The third-order valence-electron chi connectivity index (χ3n) is 10.3. The lowest BCUT2D eigenvalue weighted by Crippen LogP contribution is -2.20. The summed E-state index contributed by atoms with van der Waals surface area (Å²) >= 11 is 0. The average molecular weight is 663 g/mol. The SMILES string of the molecule is FC=CCC1CCC(C(Oc2ccccc2)=C2C=CC(OC3=CCC(=C(Oc4ccccc4)C4CCC(CC=CF)CC4)C=C3)=CC2)CC1. The first-order chi connectivity index (χ1) is 24.2. The zero-order valence-corrected chi connectivity index (χ0v) is 28.3. The Hall–Kier alpha value is -4.38. The third-order valence-corrected chi connectivity index (χ3v) is 10.3. The van der Waals surface area contributed by atoms with Gasteiger partial charge in [-0.15, -0.1) is 0 Å². The predicted octanol–water partition coefficient (Wildman–Crippen LogP) is 12.7. The zero-order valence-electron chi connectivity index (χ0n) is 28.3. The van der Waals surface area contributed by atoms with E-state index in [0.29, 0.717) is 36.3 Å². The smallest absolute Gasteiger partial charge is 0.126 e. The minimum absolute atomic E-state index is 0.338. The van der Waals surface area contributed by atoms with Gasteiger partial charge >= 0.3 is 0 Å². The molecule has 4 aliphatic carbocycles. The lowest BCUT2D eigenvalue weighted by molar-refractivity contribution is 0.242. The van der Waals surface area contributed by atoms with Crippen LogP contribution in [0.3, 0.4) is 0 Å². The van der Waals surface area contributed by atoms with E-state index in [1.165, 1.54) is 11.1 Å². The summed E-state index contributed by atoms with van der Waals surface area (Å²) in [6.45, 7) is 0. The van der Waals surface area contributed by atoms with Crippen molar-refractivity contribution < 1.29 is 23.0 Å². The Morgan fingerprint density at radius 2 is 0.959 bits per heavy atom. The number of rotatable bonds is 12. The molecule has 2 saturated carbocycles. The van der Waals surface area contributed by atoms with Crippen molar-refractivity contribution in [1.29, 1.82) is 0 Å². The van der Waals surface area contributed by atoms with Gasteiger partial charge in [0.25, 0.3) is 0 Å². The van der Waals surface area contributed by atoms with Gasteiger partial charge in [0.05, 0.1) is 12.7 Å². The van der Waals surface area contributed by atoms with Crippen molar-refractivity contribution in [3.8, 4) is 11.5 Å². The first kappa shape index (κ1) is 34.5. The molecule has 6 rings (SSSR count). The van der Waals surface area contributed by atoms with Gasteiger partial charge < -0.3 is 14.2 Å². The molecule has 0 spiro atoms. The molecule has 0 atom stereocenters. The number of hydrogen-bond donors (Lipinski definition) is 0. The maximum atomic E-state index is 12.6. The van der Waals surface area contributed by atoms with Crippen molar-refractivity contribution in [2.24, 2.45) is 23.7 Å². The van der Waals surface area contributed by atoms with Gasteiger partial charge in [-0.3, -0.25) is 0 Å². The molecule has 5 heteroatoms. The standard InChI is InChI=1S/C44H48F2O3/c45-31-7-9-33-15-19-35(20-16-33)43(48-39-11-3-1-4-12-39)37-23-27-41(28-24-37)47-42-29-25-38(26-30-42)44(49-40-13-5-2-6-14-40)36-21-17-34(18-22-36)10-8-32-46/h1-8,11-14,23,25,27-36H,9-10,15-22,24,26H2. The number of allylic oxidation sites excluding steroid dienone is 12. The summed E-state index contributed by atoms with van der Waals surface area (Å²) in [5, 5.41) is 0. The molecule has 0 amide bonds. The fraction of sp³-hybridized carbons (Fsp3) is 0.364. The Morgan fingerprint density at radius 3 is 1.31 bits per heavy atom. The molecule has 0 saturated heterocycles. The molecule has 0 radical (unpaired) electrons. The number of ether oxygens (including phenoxy) is 3. The molecule has 2 fully saturated rings. The molecule has 2 aromatic carbocycles. The Kier molecular flexibility index (Phi) is 12.6. The highest BCUT2D eigenvalue weighted by Gasteiger charge is 2.29. The van der Waals surface area contributed by atoms with Crippen LogP contribution in [0.1, 0.15) is 77.0 Å². The lowest BCUT2D eigenvalue weighted by atomic mass is 9.78. The van der Waals surface area contributed by atoms with Crippen LogP contribution < -0.4 is 9.47 Å². The molecular weight excluding hydrogens is 614 g/mol. The van der Waals surface area contributed by atoms with Gasteiger partial charge in [0.2, 0.25) is 0 Å². The Morgan fingerprint density at radius 1 is 0.551 bits per heavy atom. The van der Waals surface area contributed by atoms with Gasteiger partial charge in [-0.05, 0) is 149 Å². The van der Waals surface area contributed by atoms with E-state index < -0.39 is 0 Å². The highest BCUT2D eigenvalue weighted by Crippen LogP contribution is 2.40. The second-order valence-electron chi connectivity index (χ2n) is 13.6. The monoisotopic (exact) mass is 662 g/mol. The summed E-state index contributed by atoms with van der Waals surface area (Å²) in [6.07, 6.45) is 28.9. The van der Waals surface area contributed by atoms with Crippen LogP contribution in [0.5, 0.6) is 11.5 Å². The van der Waals surface area contributed by atoms with Gasteiger partial charge in [0.1, 0.15) is 34.5 Å². The van der Waals surface area contributed by atoms with E-state index in [1.807, 2.05) is 72.8 Å². The van der Waals surface area contributed by atoms with Gasteiger partial charge in [-0.1, -0.05) is 60.7 Å². The van der Waals surface area contributed by atoms with E-state index in [4.69, 9.17) is 14.2 Å². The normalized spacial score (nSPS) is 26.3.